The molecule has 0 unspecified atom stereocenters. The summed E-state index contributed by atoms with van der Waals surface area (Å²) in [6, 6.07) is 2.37. The van der Waals surface area contributed by atoms with Crippen LogP contribution in [0.4, 0.5) is 5.69 Å². The van der Waals surface area contributed by atoms with E-state index in [0.29, 0.717) is 0 Å². The minimum Gasteiger partial charge on any atom is -0.478 e. The number of benzene rings is 1. The molecule has 0 aliphatic carbocycles. The Bertz CT molecular complexity index is 541. The monoisotopic (exact) mass is 283 g/mol. The zero-order valence-electron chi connectivity index (χ0n) is 7.99. The predicted molar refractivity (Wildman–Crippen MR) is 61.9 cm³/mol. The number of carbonyl (C=O) groups is 1. The number of nitrogens with one attached hydrogen (secondary N) is 1. The van der Waals surface area contributed by atoms with Gasteiger partial charge in [0.05, 0.1) is 22.5 Å². The summed E-state index contributed by atoms with van der Waals surface area (Å²) in [5.41, 5.74) is -0.496. The maximum Gasteiger partial charge on any atom is 0.337 e. The Morgan fingerprint density at radius 3 is 2.38 bits per heavy atom. The molecule has 2 N–H and O–H groups in total. The summed E-state index contributed by atoms with van der Waals surface area (Å²) in [7, 11) is -3.61. The van der Waals surface area contributed by atoms with Crippen molar-refractivity contribution in [1.82, 2.24) is 0 Å². The molecule has 0 aliphatic heterocycles. The molecule has 0 atom stereocenters. The molecule has 0 bridgehead atoms. The summed E-state index contributed by atoms with van der Waals surface area (Å²) < 4.78 is 24.1. The maximum absolute atomic E-state index is 11.0. The molecule has 0 aliphatic rings. The minimum atomic E-state index is -3.61. The van der Waals surface area contributed by atoms with Crippen molar-refractivity contribution in [2.75, 3.05) is 11.0 Å². The SMILES string of the molecule is CS(=O)(=O)Nc1c(Cl)cc(Cl)cc1C(=O)O. The van der Waals surface area contributed by atoms with Crippen LogP contribution in [-0.2, 0) is 10.0 Å². The lowest BCUT2D eigenvalue weighted by molar-refractivity contribution is 0.0698. The second kappa shape index (κ2) is 4.48. The molecule has 1 aromatic carbocycles. The van der Waals surface area contributed by atoms with E-state index in [9.17, 15) is 13.2 Å². The first-order valence-electron chi connectivity index (χ1n) is 3.91. The number of carboxylic acid groups (broad SMARTS) is 1. The van der Waals surface area contributed by atoms with E-state index in [-0.39, 0.29) is 21.3 Å². The molecule has 1 aromatic rings. The Balaban J connectivity index is 3.41. The summed E-state index contributed by atoms with van der Waals surface area (Å²) in [4.78, 5) is 10.9. The van der Waals surface area contributed by atoms with Crippen LogP contribution in [0.5, 0.6) is 0 Å². The summed E-state index contributed by atoms with van der Waals surface area (Å²) in [6.45, 7) is 0. The number of rotatable bonds is 3. The molecule has 16 heavy (non-hydrogen) atoms. The summed E-state index contributed by atoms with van der Waals surface area (Å²) in [5.74, 6) is -1.32. The molecule has 5 nitrogen and oxygen atoms in total. The fourth-order valence-corrected chi connectivity index (χ4v) is 2.22. The van der Waals surface area contributed by atoms with E-state index in [2.05, 4.69) is 0 Å². The Morgan fingerprint density at radius 2 is 1.94 bits per heavy atom. The van der Waals surface area contributed by atoms with Crippen LogP contribution in [0.2, 0.25) is 10.0 Å². The van der Waals surface area contributed by atoms with Crippen LogP contribution in [0.1, 0.15) is 10.4 Å². The van der Waals surface area contributed by atoms with E-state index in [4.69, 9.17) is 28.3 Å². The van der Waals surface area contributed by atoms with Gasteiger partial charge in [-0.05, 0) is 12.1 Å². The third-order valence-electron chi connectivity index (χ3n) is 1.57. The van der Waals surface area contributed by atoms with Gasteiger partial charge in [0.25, 0.3) is 0 Å². The van der Waals surface area contributed by atoms with Crippen LogP contribution < -0.4 is 4.72 Å². The third-order valence-corrected chi connectivity index (χ3v) is 2.66. The van der Waals surface area contributed by atoms with Gasteiger partial charge in [0.15, 0.2) is 0 Å². The second-order valence-electron chi connectivity index (χ2n) is 2.99. The highest BCUT2D eigenvalue weighted by Gasteiger charge is 2.17. The molecular weight excluding hydrogens is 277 g/mol. The van der Waals surface area contributed by atoms with Crippen molar-refractivity contribution >= 4 is 44.9 Å². The van der Waals surface area contributed by atoms with Gasteiger partial charge in [0.1, 0.15) is 0 Å². The number of hydrogen-bond acceptors (Lipinski definition) is 3. The van der Waals surface area contributed by atoms with E-state index in [1.165, 1.54) is 6.07 Å². The van der Waals surface area contributed by atoms with Gasteiger partial charge in [-0.2, -0.15) is 0 Å². The van der Waals surface area contributed by atoms with Crippen LogP contribution in [0, 0.1) is 0 Å². The van der Waals surface area contributed by atoms with Crippen molar-refractivity contribution in [3.63, 3.8) is 0 Å². The first kappa shape index (κ1) is 13.1. The summed E-state index contributed by atoms with van der Waals surface area (Å²) in [5, 5.41) is 8.90. The third kappa shape index (κ3) is 3.26. The molecule has 0 heterocycles. The van der Waals surface area contributed by atoms with Crippen molar-refractivity contribution in [2.24, 2.45) is 0 Å². The van der Waals surface area contributed by atoms with Gasteiger partial charge in [-0.25, -0.2) is 13.2 Å². The van der Waals surface area contributed by atoms with E-state index in [1.807, 2.05) is 4.72 Å². The zero-order chi connectivity index (χ0) is 12.5. The number of sulfonamides is 1. The largest absolute Gasteiger partial charge is 0.478 e. The number of halogens is 2. The van der Waals surface area contributed by atoms with Crippen LogP contribution >= 0.6 is 23.2 Å². The average Bonchev–Trinajstić information content (AvgIpc) is 2.07. The van der Waals surface area contributed by atoms with Crippen LogP contribution in [0.15, 0.2) is 12.1 Å². The van der Waals surface area contributed by atoms with Gasteiger partial charge in [0.2, 0.25) is 10.0 Å². The molecule has 8 heteroatoms. The predicted octanol–water partition coefficient (Wildman–Crippen LogP) is 2.06. The topological polar surface area (TPSA) is 83.5 Å². The van der Waals surface area contributed by atoms with E-state index in [1.54, 1.807) is 0 Å². The minimum absolute atomic E-state index is 0.0738. The molecule has 1 rings (SSSR count). The molecule has 0 radical (unpaired) electrons. The fraction of sp³-hybridized carbons (Fsp3) is 0.125. The molecular formula is C8H7Cl2NO4S. The van der Waals surface area contributed by atoms with Crippen molar-refractivity contribution in [3.05, 3.63) is 27.7 Å². The first-order chi connectivity index (χ1) is 7.20. The molecule has 0 amide bonds. The average molecular weight is 284 g/mol. The highest BCUT2D eigenvalue weighted by atomic mass is 35.5. The van der Waals surface area contributed by atoms with Gasteiger partial charge in [-0.3, -0.25) is 4.72 Å². The molecule has 0 saturated carbocycles. The fourth-order valence-electron chi connectivity index (χ4n) is 1.03. The van der Waals surface area contributed by atoms with Gasteiger partial charge in [0, 0.05) is 5.02 Å². The Labute approximate surface area is 102 Å². The Hall–Kier alpha value is -0.980. The van der Waals surface area contributed by atoms with Crippen LogP contribution in [0.25, 0.3) is 0 Å². The standard InChI is InChI=1S/C8H7Cl2NO4S/c1-16(14,15)11-7-5(8(12)13)2-4(9)3-6(7)10/h2-3,11H,1H3,(H,12,13). The van der Waals surface area contributed by atoms with Crippen molar-refractivity contribution in [3.8, 4) is 0 Å². The van der Waals surface area contributed by atoms with E-state index in [0.717, 1.165) is 12.3 Å². The molecule has 0 fully saturated rings. The van der Waals surface area contributed by atoms with Gasteiger partial charge < -0.3 is 5.11 Å². The number of carboxylic acids is 1. The molecule has 88 valence electrons. The first-order valence-corrected chi connectivity index (χ1v) is 6.55. The van der Waals surface area contributed by atoms with Crippen molar-refractivity contribution < 1.29 is 18.3 Å². The van der Waals surface area contributed by atoms with Crippen molar-refractivity contribution in [2.45, 2.75) is 0 Å². The smallest absolute Gasteiger partial charge is 0.337 e. The molecule has 0 saturated heterocycles. The highest BCUT2D eigenvalue weighted by molar-refractivity contribution is 7.92. The number of aromatic carboxylic acids is 1. The zero-order valence-corrected chi connectivity index (χ0v) is 10.3. The molecule has 0 aromatic heterocycles. The lowest BCUT2D eigenvalue weighted by Gasteiger charge is -2.10. The number of hydrogen-bond donors (Lipinski definition) is 2. The Morgan fingerprint density at radius 1 is 1.38 bits per heavy atom. The highest BCUT2D eigenvalue weighted by Crippen LogP contribution is 2.30. The number of anilines is 1. The van der Waals surface area contributed by atoms with E-state index < -0.39 is 16.0 Å². The van der Waals surface area contributed by atoms with Crippen LogP contribution in [0.3, 0.4) is 0 Å². The summed E-state index contributed by atoms with van der Waals surface area (Å²) >= 11 is 11.3. The van der Waals surface area contributed by atoms with E-state index >= 15 is 0 Å². The van der Waals surface area contributed by atoms with Crippen molar-refractivity contribution in [1.29, 1.82) is 0 Å². The second-order valence-corrected chi connectivity index (χ2v) is 5.58. The summed E-state index contributed by atoms with van der Waals surface area (Å²) in [6.07, 6.45) is 0.892. The quantitative estimate of drug-likeness (QED) is 0.889. The van der Waals surface area contributed by atoms with Gasteiger partial charge in [-0.15, -0.1) is 0 Å². The van der Waals surface area contributed by atoms with Gasteiger partial charge >= 0.3 is 5.97 Å². The lowest BCUT2D eigenvalue weighted by Crippen LogP contribution is -2.13. The molecule has 0 spiro atoms. The maximum atomic E-state index is 11.0. The van der Waals surface area contributed by atoms with Crippen LogP contribution in [-0.4, -0.2) is 25.7 Å². The normalized spacial score (nSPS) is 11.2. The van der Waals surface area contributed by atoms with Gasteiger partial charge in [-0.1, -0.05) is 23.2 Å². The Kier molecular flexibility index (Phi) is 3.67. The lowest BCUT2D eigenvalue weighted by atomic mass is 10.2.